The van der Waals surface area contributed by atoms with Gasteiger partial charge in [0.15, 0.2) is 5.75 Å². The molecule has 0 fully saturated rings. The van der Waals surface area contributed by atoms with Gasteiger partial charge in [0.25, 0.3) is 0 Å². The fourth-order valence-electron chi connectivity index (χ4n) is 2.56. The van der Waals surface area contributed by atoms with Crippen molar-refractivity contribution in [3.8, 4) is 5.75 Å². The van der Waals surface area contributed by atoms with Gasteiger partial charge in [0.1, 0.15) is 5.56 Å². The lowest BCUT2D eigenvalue weighted by Gasteiger charge is -2.18. The van der Waals surface area contributed by atoms with Crippen molar-refractivity contribution in [3.05, 3.63) is 26.7 Å². The summed E-state index contributed by atoms with van der Waals surface area (Å²) in [7, 11) is 0. The molecular weight excluding hydrogens is 431 g/mol. The van der Waals surface area contributed by atoms with E-state index in [1.165, 1.54) is 0 Å². The summed E-state index contributed by atoms with van der Waals surface area (Å²) >= 11 is 18.0. The smallest absolute Gasteiger partial charge is 0.422 e. The van der Waals surface area contributed by atoms with E-state index in [-0.39, 0.29) is 33.2 Å². The zero-order valence-corrected chi connectivity index (χ0v) is 18.0. The summed E-state index contributed by atoms with van der Waals surface area (Å²) in [6.45, 7) is 4.32. The molecule has 1 N–H and O–H groups in total. The molecule has 0 spiro atoms. The number of carbonyl (C=O) groups is 3. The molecule has 0 unspecified atom stereocenters. The Morgan fingerprint density at radius 3 is 2.11 bits per heavy atom. The van der Waals surface area contributed by atoms with Crippen LogP contribution in [0.5, 0.6) is 5.75 Å². The normalized spacial score (nSPS) is 10.8. The van der Waals surface area contributed by atoms with E-state index in [0.717, 1.165) is 44.6 Å². The highest BCUT2D eigenvalue weighted by atomic mass is 35.5. The Morgan fingerprint density at radius 1 is 1.04 bits per heavy atom. The average molecular weight is 454 g/mol. The molecule has 0 saturated heterocycles. The van der Waals surface area contributed by atoms with Crippen LogP contribution in [0.3, 0.4) is 0 Å². The molecule has 0 bridgehead atoms. The lowest BCUT2D eigenvalue weighted by molar-refractivity contribution is -0.158. The third-order valence-electron chi connectivity index (χ3n) is 4.08. The van der Waals surface area contributed by atoms with Gasteiger partial charge in [-0.25, -0.2) is 14.4 Å². The summed E-state index contributed by atoms with van der Waals surface area (Å²) in [6, 6.07) is 1.15. The number of ether oxygens (including phenoxy) is 2. The summed E-state index contributed by atoms with van der Waals surface area (Å²) in [4.78, 5) is 34.8. The maximum Gasteiger partial charge on any atom is 0.422 e. The van der Waals surface area contributed by atoms with Crippen LogP contribution >= 0.6 is 34.8 Å². The summed E-state index contributed by atoms with van der Waals surface area (Å²) < 4.78 is 10.1. The number of carboxylic acids is 1. The molecule has 0 heterocycles. The van der Waals surface area contributed by atoms with Gasteiger partial charge in [0.05, 0.1) is 21.7 Å². The zero-order valence-electron chi connectivity index (χ0n) is 15.7. The second kappa shape index (κ2) is 12.1. The predicted molar refractivity (Wildman–Crippen MR) is 108 cm³/mol. The first-order chi connectivity index (χ1) is 13.2. The monoisotopic (exact) mass is 452 g/mol. The molecule has 0 saturated carbocycles. The molecule has 1 rings (SSSR count). The van der Waals surface area contributed by atoms with E-state index in [1.807, 2.05) is 0 Å². The number of esters is 2. The van der Waals surface area contributed by atoms with Gasteiger partial charge < -0.3 is 14.6 Å². The van der Waals surface area contributed by atoms with E-state index in [4.69, 9.17) is 49.4 Å². The van der Waals surface area contributed by atoms with E-state index in [1.54, 1.807) is 0 Å². The Labute approximate surface area is 179 Å². The van der Waals surface area contributed by atoms with Gasteiger partial charge in [0.2, 0.25) is 0 Å². The fourth-order valence-corrected chi connectivity index (χ4v) is 3.28. The van der Waals surface area contributed by atoms with Crippen molar-refractivity contribution in [1.29, 1.82) is 0 Å². The van der Waals surface area contributed by atoms with E-state index < -0.39 is 23.7 Å². The minimum Gasteiger partial charge on any atom is -0.473 e. The number of rotatable bonds is 10. The first kappa shape index (κ1) is 24.5. The van der Waals surface area contributed by atoms with Crippen molar-refractivity contribution >= 4 is 52.7 Å². The minimum absolute atomic E-state index is 0.0535. The Kier molecular flexibility index (Phi) is 10.6. The van der Waals surface area contributed by atoms with Gasteiger partial charge >= 0.3 is 17.9 Å². The van der Waals surface area contributed by atoms with Crippen molar-refractivity contribution in [2.24, 2.45) is 5.92 Å². The van der Waals surface area contributed by atoms with E-state index in [9.17, 15) is 14.4 Å². The Bertz CT molecular complexity index is 712. The molecule has 0 aliphatic rings. The number of hydrogen-bond acceptors (Lipinski definition) is 5. The quantitative estimate of drug-likeness (QED) is 0.209. The maximum absolute atomic E-state index is 12.6. The van der Waals surface area contributed by atoms with Crippen LogP contribution in [0, 0.1) is 5.92 Å². The first-order valence-corrected chi connectivity index (χ1v) is 10.2. The summed E-state index contributed by atoms with van der Waals surface area (Å²) in [6.07, 6.45) is 5.90. The highest BCUT2D eigenvalue weighted by molar-refractivity contribution is 6.46. The molecule has 0 radical (unpaired) electrons. The standard InChI is InChI=1S/C19H23Cl3O6/c1-3-5-7-11(8-6-4-2)10-27-18(25)14-15(22)12(20)9-13(21)16(14)28-19(26)17(23)24/h9,11H,3-8,10H2,1-2H3,(H,23,24). The van der Waals surface area contributed by atoms with Crippen LogP contribution in [0.15, 0.2) is 6.07 Å². The Morgan fingerprint density at radius 2 is 1.61 bits per heavy atom. The molecule has 1 aromatic rings. The lowest BCUT2D eigenvalue weighted by atomic mass is 9.97. The number of hydrogen-bond donors (Lipinski definition) is 1. The molecule has 28 heavy (non-hydrogen) atoms. The number of unbranched alkanes of at least 4 members (excludes halogenated alkanes) is 2. The molecule has 0 amide bonds. The highest BCUT2D eigenvalue weighted by Gasteiger charge is 2.28. The number of aliphatic carboxylic acids is 1. The molecular formula is C19H23Cl3O6. The van der Waals surface area contributed by atoms with Crippen LogP contribution in [0.25, 0.3) is 0 Å². The number of halogens is 3. The molecule has 0 aromatic heterocycles. The molecule has 0 aliphatic carbocycles. The van der Waals surface area contributed by atoms with Crippen molar-refractivity contribution in [2.45, 2.75) is 52.4 Å². The number of carbonyl (C=O) groups excluding carboxylic acids is 2. The van der Waals surface area contributed by atoms with Gasteiger partial charge in [-0.3, -0.25) is 0 Å². The predicted octanol–water partition coefficient (Wildman–Crippen LogP) is 5.79. The van der Waals surface area contributed by atoms with E-state index in [0.29, 0.717) is 0 Å². The third-order valence-corrected chi connectivity index (χ3v) is 5.15. The van der Waals surface area contributed by atoms with Gasteiger partial charge in [0, 0.05) is 0 Å². The lowest BCUT2D eigenvalue weighted by Crippen LogP contribution is -2.22. The molecule has 6 nitrogen and oxygen atoms in total. The van der Waals surface area contributed by atoms with E-state index in [2.05, 4.69) is 13.8 Å². The summed E-state index contributed by atoms with van der Waals surface area (Å²) in [5.41, 5.74) is -0.376. The fraction of sp³-hybridized carbons (Fsp3) is 0.526. The van der Waals surface area contributed by atoms with Gasteiger partial charge in [-0.15, -0.1) is 0 Å². The first-order valence-electron chi connectivity index (χ1n) is 9.02. The van der Waals surface area contributed by atoms with Crippen LogP contribution < -0.4 is 4.74 Å². The van der Waals surface area contributed by atoms with Gasteiger partial charge in [-0.1, -0.05) is 74.3 Å². The zero-order chi connectivity index (χ0) is 21.3. The third kappa shape index (κ3) is 7.15. The highest BCUT2D eigenvalue weighted by Crippen LogP contribution is 2.40. The Hall–Kier alpha value is -1.50. The second-order valence-corrected chi connectivity index (χ2v) is 7.49. The number of benzene rings is 1. The minimum atomic E-state index is -1.85. The van der Waals surface area contributed by atoms with Crippen molar-refractivity contribution in [1.82, 2.24) is 0 Å². The second-order valence-electron chi connectivity index (χ2n) is 6.30. The molecule has 156 valence electrons. The molecule has 0 atom stereocenters. The molecule has 9 heteroatoms. The van der Waals surface area contributed by atoms with Crippen molar-refractivity contribution in [3.63, 3.8) is 0 Å². The van der Waals surface area contributed by atoms with Crippen LogP contribution in [0.1, 0.15) is 62.7 Å². The molecule has 1 aromatic carbocycles. The van der Waals surface area contributed by atoms with Gasteiger partial charge in [-0.2, -0.15) is 0 Å². The average Bonchev–Trinajstić information content (AvgIpc) is 2.65. The topological polar surface area (TPSA) is 89.9 Å². The van der Waals surface area contributed by atoms with Crippen LogP contribution in [0.4, 0.5) is 0 Å². The van der Waals surface area contributed by atoms with Crippen molar-refractivity contribution < 1.29 is 29.0 Å². The van der Waals surface area contributed by atoms with E-state index >= 15 is 0 Å². The van der Waals surface area contributed by atoms with Crippen LogP contribution in [0.2, 0.25) is 15.1 Å². The largest absolute Gasteiger partial charge is 0.473 e. The number of carboxylic acid groups (broad SMARTS) is 1. The van der Waals surface area contributed by atoms with Crippen molar-refractivity contribution in [2.75, 3.05) is 6.61 Å². The SMILES string of the molecule is CCCCC(CCCC)COC(=O)c1c(Cl)c(Cl)cc(Cl)c1OC(=O)C(=O)O. The Balaban J connectivity index is 3.07. The van der Waals surface area contributed by atoms with Crippen LogP contribution in [-0.2, 0) is 14.3 Å². The van der Waals surface area contributed by atoms with Gasteiger partial charge in [-0.05, 0) is 24.8 Å². The molecule has 0 aliphatic heterocycles. The summed E-state index contributed by atoms with van der Waals surface area (Å²) in [5, 5.41) is 8.22. The maximum atomic E-state index is 12.6. The van der Waals surface area contributed by atoms with Crippen LogP contribution in [-0.4, -0.2) is 29.6 Å². The summed E-state index contributed by atoms with van der Waals surface area (Å²) in [5.74, 6) is -4.66.